The first-order chi connectivity index (χ1) is 17.4. The van der Waals surface area contributed by atoms with E-state index in [4.69, 9.17) is 4.74 Å². The molecule has 2 aliphatic rings. The lowest BCUT2D eigenvalue weighted by Gasteiger charge is -2.28. The molecule has 0 radical (unpaired) electrons. The number of fused-ring (bicyclic) bond motifs is 2. The molecular weight excluding hydrogens is 462 g/mol. The maximum absolute atomic E-state index is 12.9. The van der Waals surface area contributed by atoms with Crippen molar-refractivity contribution in [2.75, 3.05) is 29.9 Å². The van der Waals surface area contributed by atoms with Crippen LogP contribution in [-0.2, 0) is 20.7 Å². The van der Waals surface area contributed by atoms with Crippen molar-refractivity contribution in [1.29, 1.82) is 0 Å². The second-order valence-electron chi connectivity index (χ2n) is 8.38. The summed E-state index contributed by atoms with van der Waals surface area (Å²) in [5, 5.41) is 2.68. The van der Waals surface area contributed by atoms with Gasteiger partial charge in [-0.2, -0.15) is 0 Å². The quantitative estimate of drug-likeness (QED) is 0.426. The summed E-state index contributed by atoms with van der Waals surface area (Å²) in [6.45, 7) is -0.565. The number of nitrogens with one attached hydrogen (secondary N) is 1. The smallest absolute Gasteiger partial charge is 0.338 e. The van der Waals surface area contributed by atoms with Crippen LogP contribution in [0.2, 0.25) is 0 Å². The van der Waals surface area contributed by atoms with Crippen molar-refractivity contribution in [2.24, 2.45) is 0 Å². The van der Waals surface area contributed by atoms with E-state index in [1.54, 1.807) is 24.3 Å². The third-order valence-corrected chi connectivity index (χ3v) is 6.07. The second kappa shape index (κ2) is 9.46. The summed E-state index contributed by atoms with van der Waals surface area (Å²) in [6.07, 6.45) is 0.515. The van der Waals surface area contributed by atoms with E-state index in [1.165, 1.54) is 23.1 Å². The molecular formula is C27H21N3O6. The Kier molecular flexibility index (Phi) is 6.03. The minimum absolute atomic E-state index is 0.0457. The van der Waals surface area contributed by atoms with Gasteiger partial charge in [0.15, 0.2) is 6.61 Å². The van der Waals surface area contributed by atoms with Crippen molar-refractivity contribution in [1.82, 2.24) is 4.90 Å². The summed E-state index contributed by atoms with van der Waals surface area (Å²) in [6, 6.07) is 20.4. The predicted molar refractivity (Wildman–Crippen MR) is 130 cm³/mol. The lowest BCUT2D eigenvalue weighted by Crippen LogP contribution is -2.44. The molecule has 2 aliphatic heterocycles. The first kappa shape index (κ1) is 23.0. The summed E-state index contributed by atoms with van der Waals surface area (Å²) in [7, 11) is 0. The standard InChI is InChI=1S/C27H21N3O6/c31-23-15-30(22-9-5-4-8-21(22)28-23)24(32)16-36-27(35)18-10-11-19-20(14-18)26(34)29(25(19)33)13-12-17-6-2-1-3-7-17/h1-11,14H,12-13,15-16H2,(H,28,31). The number of anilines is 2. The summed E-state index contributed by atoms with van der Waals surface area (Å²) in [5.41, 5.74) is 2.38. The fourth-order valence-corrected chi connectivity index (χ4v) is 4.25. The van der Waals surface area contributed by atoms with Crippen LogP contribution in [0.15, 0.2) is 72.8 Å². The Balaban J connectivity index is 1.24. The molecule has 2 heterocycles. The lowest BCUT2D eigenvalue weighted by atomic mass is 10.1. The molecule has 3 aromatic carbocycles. The highest BCUT2D eigenvalue weighted by Crippen LogP contribution is 2.29. The van der Waals surface area contributed by atoms with Gasteiger partial charge in [0.2, 0.25) is 5.91 Å². The summed E-state index contributed by atoms with van der Waals surface area (Å²) in [4.78, 5) is 65.3. The zero-order valence-electron chi connectivity index (χ0n) is 19.1. The van der Waals surface area contributed by atoms with Gasteiger partial charge in [-0.05, 0) is 42.3 Å². The van der Waals surface area contributed by atoms with Gasteiger partial charge in [0.25, 0.3) is 17.7 Å². The Morgan fingerprint density at radius 2 is 1.58 bits per heavy atom. The first-order valence-corrected chi connectivity index (χ1v) is 11.3. The Hall–Kier alpha value is -4.79. The zero-order valence-corrected chi connectivity index (χ0v) is 19.1. The van der Waals surface area contributed by atoms with Crippen LogP contribution in [0.4, 0.5) is 11.4 Å². The van der Waals surface area contributed by atoms with Crippen LogP contribution >= 0.6 is 0 Å². The number of para-hydroxylation sites is 2. The maximum Gasteiger partial charge on any atom is 0.338 e. The number of hydrogen-bond donors (Lipinski definition) is 1. The van der Waals surface area contributed by atoms with Gasteiger partial charge in [0.05, 0.1) is 28.1 Å². The van der Waals surface area contributed by atoms with E-state index in [2.05, 4.69) is 5.32 Å². The lowest BCUT2D eigenvalue weighted by molar-refractivity contribution is -0.124. The van der Waals surface area contributed by atoms with Crippen LogP contribution in [0.3, 0.4) is 0 Å². The van der Waals surface area contributed by atoms with Crippen molar-refractivity contribution in [3.8, 4) is 0 Å². The van der Waals surface area contributed by atoms with E-state index in [0.717, 1.165) is 10.5 Å². The number of hydrogen-bond acceptors (Lipinski definition) is 6. The highest BCUT2D eigenvalue weighted by molar-refractivity contribution is 6.22. The minimum atomic E-state index is -0.816. The number of nitrogens with zero attached hydrogens (tertiary/aromatic N) is 2. The van der Waals surface area contributed by atoms with Crippen molar-refractivity contribution < 1.29 is 28.7 Å². The van der Waals surface area contributed by atoms with Crippen molar-refractivity contribution in [3.63, 3.8) is 0 Å². The number of ether oxygens (including phenoxy) is 1. The number of rotatable bonds is 6. The monoisotopic (exact) mass is 483 g/mol. The van der Waals surface area contributed by atoms with Crippen LogP contribution in [0.25, 0.3) is 0 Å². The SMILES string of the molecule is O=C1CN(C(=O)COC(=O)c2ccc3c(c2)C(=O)N(CCc2ccccc2)C3=O)c2ccccc2N1. The molecule has 0 spiro atoms. The minimum Gasteiger partial charge on any atom is -0.452 e. The molecule has 4 amide bonds. The average molecular weight is 483 g/mol. The van der Waals surface area contributed by atoms with Crippen molar-refractivity contribution >= 4 is 41.0 Å². The zero-order chi connectivity index (χ0) is 25.2. The molecule has 3 aromatic rings. The third-order valence-electron chi connectivity index (χ3n) is 6.07. The van der Waals surface area contributed by atoms with Gasteiger partial charge in [0.1, 0.15) is 6.54 Å². The van der Waals surface area contributed by atoms with Gasteiger partial charge in [-0.25, -0.2) is 4.79 Å². The van der Waals surface area contributed by atoms with E-state index in [9.17, 15) is 24.0 Å². The Bertz CT molecular complexity index is 1400. The van der Waals surface area contributed by atoms with Crippen LogP contribution < -0.4 is 10.2 Å². The number of esters is 1. The third kappa shape index (κ3) is 4.34. The number of benzene rings is 3. The van der Waals surface area contributed by atoms with E-state index in [1.807, 2.05) is 30.3 Å². The molecule has 0 saturated heterocycles. The van der Waals surface area contributed by atoms with Crippen LogP contribution in [-0.4, -0.2) is 54.2 Å². The maximum atomic E-state index is 12.9. The molecule has 0 saturated carbocycles. The molecule has 36 heavy (non-hydrogen) atoms. The fraction of sp³-hybridized carbons (Fsp3) is 0.148. The van der Waals surface area contributed by atoms with E-state index in [-0.39, 0.29) is 35.7 Å². The van der Waals surface area contributed by atoms with E-state index < -0.39 is 30.3 Å². The van der Waals surface area contributed by atoms with Gasteiger partial charge >= 0.3 is 5.97 Å². The predicted octanol–water partition coefficient (Wildman–Crippen LogP) is 2.67. The van der Waals surface area contributed by atoms with Gasteiger partial charge in [-0.3, -0.25) is 29.0 Å². The summed E-state index contributed by atoms with van der Waals surface area (Å²) in [5.74, 6) is -2.63. The summed E-state index contributed by atoms with van der Waals surface area (Å²) >= 11 is 0. The van der Waals surface area contributed by atoms with Crippen LogP contribution in [0, 0.1) is 0 Å². The van der Waals surface area contributed by atoms with Gasteiger partial charge < -0.3 is 10.1 Å². The largest absolute Gasteiger partial charge is 0.452 e. The number of amides is 4. The molecule has 1 N–H and O–H groups in total. The highest BCUT2D eigenvalue weighted by atomic mass is 16.5. The number of carbonyl (C=O) groups is 5. The van der Waals surface area contributed by atoms with E-state index in [0.29, 0.717) is 17.8 Å². The van der Waals surface area contributed by atoms with E-state index >= 15 is 0 Å². The molecule has 0 unspecified atom stereocenters. The normalized spacial score (nSPS) is 14.3. The summed E-state index contributed by atoms with van der Waals surface area (Å²) < 4.78 is 5.18. The van der Waals surface area contributed by atoms with Crippen LogP contribution in [0.5, 0.6) is 0 Å². The molecule has 0 fully saturated rings. The molecule has 0 bridgehead atoms. The molecule has 0 aromatic heterocycles. The van der Waals surface area contributed by atoms with Crippen molar-refractivity contribution in [2.45, 2.75) is 6.42 Å². The first-order valence-electron chi connectivity index (χ1n) is 11.3. The average Bonchev–Trinajstić information content (AvgIpc) is 3.14. The Morgan fingerprint density at radius 3 is 2.39 bits per heavy atom. The topological polar surface area (TPSA) is 113 Å². The molecule has 0 atom stereocenters. The molecule has 0 aliphatic carbocycles. The number of imide groups is 1. The molecule has 9 heteroatoms. The Morgan fingerprint density at radius 1 is 0.861 bits per heavy atom. The van der Waals surface area contributed by atoms with Gasteiger partial charge in [-0.1, -0.05) is 42.5 Å². The van der Waals surface area contributed by atoms with Crippen molar-refractivity contribution in [3.05, 3.63) is 95.1 Å². The molecule has 5 rings (SSSR count). The second-order valence-corrected chi connectivity index (χ2v) is 8.38. The molecule has 180 valence electrons. The fourth-order valence-electron chi connectivity index (χ4n) is 4.25. The van der Waals surface area contributed by atoms with Gasteiger partial charge in [0, 0.05) is 6.54 Å². The van der Waals surface area contributed by atoms with Crippen LogP contribution in [0.1, 0.15) is 36.6 Å². The highest BCUT2D eigenvalue weighted by Gasteiger charge is 2.36. The molecule has 9 nitrogen and oxygen atoms in total. The van der Waals surface area contributed by atoms with Gasteiger partial charge in [-0.15, -0.1) is 0 Å². The Labute approximate surface area is 206 Å². The number of carbonyl (C=O) groups excluding carboxylic acids is 5.